The van der Waals surface area contributed by atoms with Crippen molar-refractivity contribution in [3.63, 3.8) is 0 Å². The standard InChI is InChI=1S/C10H11Cl2NO/c1-8-4-2-3-5-9(8)13-14-7-6-10(11)12/h2-6,13H,7H2,1H3. The van der Waals surface area contributed by atoms with Crippen LogP contribution in [0.1, 0.15) is 5.56 Å². The van der Waals surface area contributed by atoms with Gasteiger partial charge in [0.2, 0.25) is 0 Å². The third-order valence-electron chi connectivity index (χ3n) is 1.65. The molecular formula is C10H11Cl2NO. The molecule has 0 radical (unpaired) electrons. The highest BCUT2D eigenvalue weighted by Crippen LogP contribution is 2.13. The minimum atomic E-state index is 0.205. The van der Waals surface area contributed by atoms with Gasteiger partial charge < -0.3 is 0 Å². The van der Waals surface area contributed by atoms with Gasteiger partial charge in [-0.1, -0.05) is 41.4 Å². The van der Waals surface area contributed by atoms with Crippen molar-refractivity contribution in [3.8, 4) is 0 Å². The Morgan fingerprint density at radius 3 is 2.79 bits per heavy atom. The Morgan fingerprint density at radius 2 is 2.14 bits per heavy atom. The van der Waals surface area contributed by atoms with E-state index in [1.54, 1.807) is 6.08 Å². The summed E-state index contributed by atoms with van der Waals surface area (Å²) in [6.45, 7) is 2.33. The molecular weight excluding hydrogens is 221 g/mol. The van der Waals surface area contributed by atoms with E-state index in [1.165, 1.54) is 0 Å². The molecule has 0 saturated heterocycles. The van der Waals surface area contributed by atoms with Crippen LogP contribution in [0.2, 0.25) is 0 Å². The normalized spacial score (nSPS) is 9.64. The maximum Gasteiger partial charge on any atom is 0.105 e. The Balaban J connectivity index is 2.39. The summed E-state index contributed by atoms with van der Waals surface area (Å²) >= 11 is 10.8. The van der Waals surface area contributed by atoms with Crippen molar-refractivity contribution < 1.29 is 4.84 Å². The Morgan fingerprint density at radius 1 is 1.43 bits per heavy atom. The van der Waals surface area contributed by atoms with Crippen LogP contribution in [0.25, 0.3) is 0 Å². The average molecular weight is 232 g/mol. The van der Waals surface area contributed by atoms with Crippen molar-refractivity contribution in [1.29, 1.82) is 0 Å². The molecule has 0 spiro atoms. The Bertz CT molecular complexity index is 322. The van der Waals surface area contributed by atoms with Crippen LogP contribution in [0.5, 0.6) is 0 Å². The lowest BCUT2D eigenvalue weighted by molar-refractivity contribution is 0.228. The summed E-state index contributed by atoms with van der Waals surface area (Å²) in [4.78, 5) is 5.12. The fraction of sp³-hybridized carbons (Fsp3) is 0.200. The first kappa shape index (κ1) is 11.4. The van der Waals surface area contributed by atoms with Crippen LogP contribution in [0.4, 0.5) is 5.69 Å². The van der Waals surface area contributed by atoms with Crippen molar-refractivity contribution in [3.05, 3.63) is 40.4 Å². The molecule has 0 fully saturated rings. The van der Waals surface area contributed by atoms with E-state index in [2.05, 4.69) is 5.48 Å². The van der Waals surface area contributed by atoms with Crippen LogP contribution in [0, 0.1) is 6.92 Å². The van der Waals surface area contributed by atoms with Crippen LogP contribution in [0.15, 0.2) is 34.8 Å². The van der Waals surface area contributed by atoms with Gasteiger partial charge in [0, 0.05) is 0 Å². The number of aryl methyl sites for hydroxylation is 1. The number of benzene rings is 1. The van der Waals surface area contributed by atoms with Gasteiger partial charge in [-0.05, 0) is 24.6 Å². The maximum absolute atomic E-state index is 5.41. The smallest absolute Gasteiger partial charge is 0.105 e. The summed E-state index contributed by atoms with van der Waals surface area (Å²) in [5.74, 6) is 0. The van der Waals surface area contributed by atoms with Crippen molar-refractivity contribution in [2.75, 3.05) is 12.1 Å². The lowest BCUT2D eigenvalue weighted by atomic mass is 10.2. The number of halogens is 2. The van der Waals surface area contributed by atoms with E-state index in [-0.39, 0.29) is 4.49 Å². The highest BCUT2D eigenvalue weighted by Gasteiger charge is 1.94. The first-order valence-corrected chi connectivity index (χ1v) is 4.90. The van der Waals surface area contributed by atoms with Gasteiger partial charge in [0.1, 0.15) is 4.49 Å². The van der Waals surface area contributed by atoms with E-state index < -0.39 is 0 Å². The fourth-order valence-electron chi connectivity index (χ4n) is 0.911. The quantitative estimate of drug-likeness (QED) is 0.631. The molecule has 1 aromatic carbocycles. The van der Waals surface area contributed by atoms with E-state index in [9.17, 15) is 0 Å². The molecule has 0 unspecified atom stereocenters. The number of hydrogen-bond donors (Lipinski definition) is 1. The monoisotopic (exact) mass is 231 g/mol. The molecule has 4 heteroatoms. The second-order valence-corrected chi connectivity index (χ2v) is 3.73. The van der Waals surface area contributed by atoms with Gasteiger partial charge in [-0.25, -0.2) is 0 Å². The first-order chi connectivity index (χ1) is 6.70. The lowest BCUT2D eigenvalue weighted by Gasteiger charge is -2.07. The van der Waals surface area contributed by atoms with E-state index in [0.29, 0.717) is 6.61 Å². The van der Waals surface area contributed by atoms with E-state index in [4.69, 9.17) is 28.0 Å². The summed E-state index contributed by atoms with van der Waals surface area (Å²) in [5, 5.41) is 0. The molecule has 14 heavy (non-hydrogen) atoms. The van der Waals surface area contributed by atoms with Crippen LogP contribution in [0.3, 0.4) is 0 Å². The Hall–Kier alpha value is -0.700. The third kappa shape index (κ3) is 4.01. The predicted octanol–water partition coefficient (Wildman–Crippen LogP) is 3.66. The summed E-state index contributed by atoms with van der Waals surface area (Å²) < 4.78 is 0.205. The summed E-state index contributed by atoms with van der Waals surface area (Å²) in [5.41, 5.74) is 4.86. The van der Waals surface area contributed by atoms with Crippen LogP contribution in [-0.4, -0.2) is 6.61 Å². The van der Waals surface area contributed by atoms with Gasteiger partial charge in [-0.15, -0.1) is 0 Å². The Kier molecular flexibility index (Phi) is 4.80. The van der Waals surface area contributed by atoms with Crippen molar-refractivity contribution in [2.24, 2.45) is 0 Å². The zero-order valence-electron chi connectivity index (χ0n) is 7.76. The summed E-state index contributed by atoms with van der Waals surface area (Å²) in [6.07, 6.45) is 1.56. The van der Waals surface area contributed by atoms with Gasteiger partial charge in [-0.2, -0.15) is 0 Å². The largest absolute Gasteiger partial charge is 0.272 e. The van der Waals surface area contributed by atoms with Crippen LogP contribution < -0.4 is 5.48 Å². The Labute approximate surface area is 93.4 Å². The molecule has 0 aliphatic rings. The zero-order valence-corrected chi connectivity index (χ0v) is 9.27. The molecule has 0 amide bonds. The minimum Gasteiger partial charge on any atom is -0.272 e. The molecule has 76 valence electrons. The van der Waals surface area contributed by atoms with Crippen LogP contribution in [-0.2, 0) is 4.84 Å². The molecule has 0 atom stereocenters. The highest BCUT2D eigenvalue weighted by atomic mass is 35.5. The molecule has 1 aromatic rings. The molecule has 2 nitrogen and oxygen atoms in total. The van der Waals surface area contributed by atoms with Gasteiger partial charge >= 0.3 is 0 Å². The second kappa shape index (κ2) is 5.91. The molecule has 1 rings (SSSR count). The van der Waals surface area contributed by atoms with Crippen molar-refractivity contribution in [2.45, 2.75) is 6.92 Å². The number of para-hydroxylation sites is 1. The average Bonchev–Trinajstić information content (AvgIpc) is 2.15. The molecule has 0 aromatic heterocycles. The molecule has 0 heterocycles. The van der Waals surface area contributed by atoms with Gasteiger partial charge in [0.15, 0.2) is 0 Å². The van der Waals surface area contributed by atoms with Gasteiger partial charge in [0.25, 0.3) is 0 Å². The predicted molar refractivity (Wildman–Crippen MR) is 60.5 cm³/mol. The number of hydrogen-bond acceptors (Lipinski definition) is 2. The number of anilines is 1. The first-order valence-electron chi connectivity index (χ1n) is 4.15. The topological polar surface area (TPSA) is 21.3 Å². The molecule has 0 aliphatic carbocycles. The summed E-state index contributed by atoms with van der Waals surface area (Å²) in [6, 6.07) is 7.83. The van der Waals surface area contributed by atoms with E-state index >= 15 is 0 Å². The second-order valence-electron chi connectivity index (χ2n) is 2.72. The minimum absolute atomic E-state index is 0.205. The van der Waals surface area contributed by atoms with Crippen molar-refractivity contribution in [1.82, 2.24) is 0 Å². The number of rotatable bonds is 4. The van der Waals surface area contributed by atoms with Crippen molar-refractivity contribution >= 4 is 28.9 Å². The SMILES string of the molecule is Cc1ccccc1NOCC=C(Cl)Cl. The maximum atomic E-state index is 5.41. The summed E-state index contributed by atoms with van der Waals surface area (Å²) in [7, 11) is 0. The molecule has 0 saturated carbocycles. The molecule has 0 bridgehead atoms. The fourth-order valence-corrected chi connectivity index (χ4v) is 1.04. The number of nitrogens with one attached hydrogen (secondary N) is 1. The zero-order chi connectivity index (χ0) is 10.4. The molecule has 0 aliphatic heterocycles. The van der Waals surface area contributed by atoms with E-state index in [1.807, 2.05) is 31.2 Å². The van der Waals surface area contributed by atoms with Gasteiger partial charge in [0.05, 0.1) is 12.3 Å². The third-order valence-corrected chi connectivity index (χ3v) is 1.96. The van der Waals surface area contributed by atoms with Gasteiger partial charge in [-0.3, -0.25) is 10.3 Å². The highest BCUT2D eigenvalue weighted by molar-refractivity contribution is 6.55. The van der Waals surface area contributed by atoms with E-state index in [0.717, 1.165) is 11.3 Å². The van der Waals surface area contributed by atoms with Crippen LogP contribution >= 0.6 is 23.2 Å². The lowest BCUT2D eigenvalue weighted by Crippen LogP contribution is -2.02. The molecule has 1 N–H and O–H groups in total.